The number of piperidine rings is 1. The van der Waals surface area contributed by atoms with Gasteiger partial charge >= 0.3 is 0 Å². The lowest BCUT2D eigenvalue weighted by Crippen LogP contribution is -2.46. The highest BCUT2D eigenvalue weighted by molar-refractivity contribution is 5.80. The van der Waals surface area contributed by atoms with E-state index in [1.165, 1.54) is 5.56 Å². The number of hydrogen-bond donors (Lipinski definition) is 2. The zero-order valence-corrected chi connectivity index (χ0v) is 15.0. The van der Waals surface area contributed by atoms with Crippen molar-refractivity contribution >= 4 is 11.8 Å². The molecule has 0 aromatic heterocycles. The summed E-state index contributed by atoms with van der Waals surface area (Å²) in [6.07, 6.45) is 3.99. The minimum absolute atomic E-state index is 0.110. The molecule has 2 saturated heterocycles. The van der Waals surface area contributed by atoms with E-state index < -0.39 is 0 Å². The van der Waals surface area contributed by atoms with Crippen molar-refractivity contribution in [1.82, 2.24) is 15.5 Å². The van der Waals surface area contributed by atoms with Gasteiger partial charge in [-0.3, -0.25) is 9.59 Å². The third-order valence-electron chi connectivity index (χ3n) is 5.35. The van der Waals surface area contributed by atoms with Gasteiger partial charge in [-0.1, -0.05) is 30.3 Å². The molecule has 1 aromatic rings. The number of carbonyl (C=O) groups excluding carboxylic acids is 2. The predicted molar refractivity (Wildman–Crippen MR) is 98.1 cm³/mol. The summed E-state index contributed by atoms with van der Waals surface area (Å²) in [5.41, 5.74) is 1.19. The Morgan fingerprint density at radius 3 is 2.80 bits per heavy atom. The van der Waals surface area contributed by atoms with Gasteiger partial charge in [-0.25, -0.2) is 0 Å². The third-order valence-corrected chi connectivity index (χ3v) is 5.35. The molecule has 2 heterocycles. The maximum absolute atomic E-state index is 12.4. The summed E-state index contributed by atoms with van der Waals surface area (Å²) in [6.45, 7) is 4.44. The molecule has 1 unspecified atom stereocenters. The first-order valence-corrected chi connectivity index (χ1v) is 9.47. The number of hydrogen-bond acceptors (Lipinski definition) is 3. The molecule has 3 rings (SSSR count). The Morgan fingerprint density at radius 2 is 2.04 bits per heavy atom. The molecule has 0 saturated carbocycles. The van der Waals surface area contributed by atoms with Crippen molar-refractivity contribution in [1.29, 1.82) is 0 Å². The van der Waals surface area contributed by atoms with Crippen molar-refractivity contribution in [2.75, 3.05) is 19.6 Å². The quantitative estimate of drug-likeness (QED) is 0.856. The molecule has 0 bridgehead atoms. The highest BCUT2D eigenvalue weighted by Gasteiger charge is 2.30. The van der Waals surface area contributed by atoms with Crippen LogP contribution in [0.4, 0.5) is 0 Å². The number of nitrogens with zero attached hydrogens (tertiary/aromatic N) is 1. The largest absolute Gasteiger partial charge is 0.351 e. The number of rotatable bonds is 5. The van der Waals surface area contributed by atoms with E-state index in [0.29, 0.717) is 19.0 Å². The molecule has 2 aliphatic heterocycles. The molecule has 3 atom stereocenters. The van der Waals surface area contributed by atoms with E-state index in [0.717, 1.165) is 38.8 Å². The third kappa shape index (κ3) is 5.05. The van der Waals surface area contributed by atoms with Gasteiger partial charge in [0.15, 0.2) is 0 Å². The fourth-order valence-electron chi connectivity index (χ4n) is 3.85. The first-order chi connectivity index (χ1) is 12.1. The van der Waals surface area contributed by atoms with Crippen LogP contribution in [0.25, 0.3) is 0 Å². The second kappa shape index (κ2) is 8.48. The van der Waals surface area contributed by atoms with Crippen LogP contribution < -0.4 is 10.6 Å². The number of nitrogens with one attached hydrogen (secondary N) is 2. The Balaban J connectivity index is 1.41. The molecule has 25 heavy (non-hydrogen) atoms. The van der Waals surface area contributed by atoms with Crippen molar-refractivity contribution in [3.63, 3.8) is 0 Å². The fraction of sp³-hybridized carbons (Fsp3) is 0.600. The zero-order valence-electron chi connectivity index (χ0n) is 15.0. The molecule has 0 aliphatic carbocycles. The van der Waals surface area contributed by atoms with Gasteiger partial charge in [-0.05, 0) is 44.7 Å². The molecule has 2 aliphatic rings. The van der Waals surface area contributed by atoms with Crippen LogP contribution in [0.15, 0.2) is 30.3 Å². The van der Waals surface area contributed by atoms with Crippen molar-refractivity contribution in [3.05, 3.63) is 35.9 Å². The number of amides is 2. The summed E-state index contributed by atoms with van der Waals surface area (Å²) < 4.78 is 0. The average Bonchev–Trinajstić information content (AvgIpc) is 3.09. The molecular formula is C20H29N3O2. The van der Waals surface area contributed by atoms with Gasteiger partial charge in [0, 0.05) is 37.5 Å². The highest BCUT2D eigenvalue weighted by atomic mass is 16.2. The second-order valence-electron chi connectivity index (χ2n) is 7.40. The molecule has 2 fully saturated rings. The number of benzene rings is 1. The Labute approximate surface area is 150 Å². The lowest BCUT2D eigenvalue weighted by atomic mass is 9.92. The minimum Gasteiger partial charge on any atom is -0.351 e. The van der Waals surface area contributed by atoms with Gasteiger partial charge in [-0.15, -0.1) is 0 Å². The maximum atomic E-state index is 12.4. The first-order valence-electron chi connectivity index (χ1n) is 9.47. The standard InChI is InChI=1S/C20H29N3O2/c1-15-13-17(9-11-21-15)20(25)22-18-10-12-23(14-18)19(24)8-7-16-5-3-2-4-6-16/h2-6,15,17-18,21H,7-14H2,1H3,(H,22,25)/t15-,17-,18?/m0/s1. The first kappa shape index (κ1) is 17.9. The molecule has 0 spiro atoms. The van der Waals surface area contributed by atoms with Crippen LogP contribution >= 0.6 is 0 Å². The summed E-state index contributed by atoms with van der Waals surface area (Å²) in [5.74, 6) is 0.465. The van der Waals surface area contributed by atoms with E-state index in [1.807, 2.05) is 23.1 Å². The van der Waals surface area contributed by atoms with E-state index in [2.05, 4.69) is 29.7 Å². The Kier molecular flexibility index (Phi) is 6.08. The van der Waals surface area contributed by atoms with Gasteiger partial charge in [0.05, 0.1) is 0 Å². The number of aryl methyl sites for hydroxylation is 1. The van der Waals surface area contributed by atoms with E-state index in [9.17, 15) is 9.59 Å². The monoisotopic (exact) mass is 343 g/mol. The predicted octanol–water partition coefficient (Wildman–Crippen LogP) is 1.72. The summed E-state index contributed by atoms with van der Waals surface area (Å²) in [7, 11) is 0. The van der Waals surface area contributed by atoms with Crippen LogP contribution in [0.1, 0.15) is 38.2 Å². The van der Waals surface area contributed by atoms with Crippen molar-refractivity contribution < 1.29 is 9.59 Å². The summed E-state index contributed by atoms with van der Waals surface area (Å²) >= 11 is 0. The van der Waals surface area contributed by atoms with E-state index in [1.54, 1.807) is 0 Å². The molecule has 2 N–H and O–H groups in total. The molecule has 0 radical (unpaired) electrons. The Morgan fingerprint density at radius 1 is 1.24 bits per heavy atom. The van der Waals surface area contributed by atoms with Gasteiger partial charge in [0.1, 0.15) is 0 Å². The molecule has 1 aromatic carbocycles. The molecule has 136 valence electrons. The molecule has 5 heteroatoms. The SMILES string of the molecule is C[C@H]1C[C@@H](C(=O)NC2CCN(C(=O)CCc3ccccc3)C2)CCN1. The van der Waals surface area contributed by atoms with Crippen LogP contribution in [0, 0.1) is 5.92 Å². The van der Waals surface area contributed by atoms with Crippen LogP contribution in [0.5, 0.6) is 0 Å². The lowest BCUT2D eigenvalue weighted by Gasteiger charge is -2.28. The Hall–Kier alpha value is -1.88. The van der Waals surface area contributed by atoms with Gasteiger partial charge in [-0.2, -0.15) is 0 Å². The molecule has 5 nitrogen and oxygen atoms in total. The van der Waals surface area contributed by atoms with E-state index in [4.69, 9.17) is 0 Å². The summed E-state index contributed by atoms with van der Waals surface area (Å²) in [5, 5.41) is 6.54. The van der Waals surface area contributed by atoms with Crippen LogP contribution in [-0.2, 0) is 16.0 Å². The van der Waals surface area contributed by atoms with Crippen LogP contribution in [0.3, 0.4) is 0 Å². The highest BCUT2D eigenvalue weighted by Crippen LogP contribution is 2.18. The van der Waals surface area contributed by atoms with E-state index in [-0.39, 0.29) is 23.8 Å². The second-order valence-corrected chi connectivity index (χ2v) is 7.40. The molecule has 2 amide bonds. The minimum atomic E-state index is 0.110. The van der Waals surface area contributed by atoms with Crippen molar-refractivity contribution in [2.45, 2.75) is 51.1 Å². The van der Waals surface area contributed by atoms with Crippen LogP contribution in [0.2, 0.25) is 0 Å². The smallest absolute Gasteiger partial charge is 0.223 e. The molecular weight excluding hydrogens is 314 g/mol. The van der Waals surface area contributed by atoms with Crippen LogP contribution in [-0.4, -0.2) is 48.4 Å². The average molecular weight is 343 g/mol. The lowest BCUT2D eigenvalue weighted by molar-refractivity contribution is -0.131. The zero-order chi connectivity index (χ0) is 17.6. The maximum Gasteiger partial charge on any atom is 0.223 e. The topological polar surface area (TPSA) is 61.4 Å². The van der Waals surface area contributed by atoms with Gasteiger partial charge < -0.3 is 15.5 Å². The summed E-state index contributed by atoms with van der Waals surface area (Å²) in [6, 6.07) is 10.6. The van der Waals surface area contributed by atoms with Crippen molar-refractivity contribution in [3.8, 4) is 0 Å². The van der Waals surface area contributed by atoms with Gasteiger partial charge in [0.25, 0.3) is 0 Å². The fourth-order valence-corrected chi connectivity index (χ4v) is 3.85. The number of likely N-dealkylation sites (tertiary alicyclic amines) is 1. The number of carbonyl (C=O) groups is 2. The normalized spacial score (nSPS) is 26.4. The van der Waals surface area contributed by atoms with E-state index >= 15 is 0 Å². The summed E-state index contributed by atoms with van der Waals surface area (Å²) in [4.78, 5) is 26.7. The van der Waals surface area contributed by atoms with Gasteiger partial charge in [0.2, 0.25) is 11.8 Å². The Bertz CT molecular complexity index is 590. The van der Waals surface area contributed by atoms with Crippen molar-refractivity contribution in [2.24, 2.45) is 5.92 Å².